The van der Waals surface area contributed by atoms with Gasteiger partial charge in [-0.25, -0.2) is 4.79 Å². The lowest BCUT2D eigenvalue weighted by atomic mass is 9.95. The van der Waals surface area contributed by atoms with E-state index < -0.39 is 5.97 Å². The SMILES string of the molecule is CSC1CCCC(NC(=O)N(CCC(=O)O)C(C)C)C1. The van der Waals surface area contributed by atoms with Crippen LogP contribution in [-0.4, -0.2) is 52.1 Å². The Balaban J connectivity index is 2.50. The Labute approximate surface area is 125 Å². The van der Waals surface area contributed by atoms with Crippen LogP contribution in [0.4, 0.5) is 4.79 Å². The minimum atomic E-state index is -0.872. The number of carbonyl (C=O) groups excluding carboxylic acids is 1. The molecule has 0 aromatic heterocycles. The third-order valence-electron chi connectivity index (χ3n) is 3.74. The predicted molar refractivity (Wildman–Crippen MR) is 82.2 cm³/mol. The number of hydrogen-bond donors (Lipinski definition) is 2. The summed E-state index contributed by atoms with van der Waals surface area (Å²) in [5.74, 6) is -0.872. The number of urea groups is 1. The second-order valence-corrected chi connectivity index (χ2v) is 6.74. The molecule has 0 bridgehead atoms. The summed E-state index contributed by atoms with van der Waals surface area (Å²) >= 11 is 1.86. The maximum atomic E-state index is 12.3. The van der Waals surface area contributed by atoms with Crippen molar-refractivity contribution in [3.05, 3.63) is 0 Å². The van der Waals surface area contributed by atoms with Gasteiger partial charge < -0.3 is 15.3 Å². The van der Waals surface area contributed by atoms with Crippen LogP contribution in [0.5, 0.6) is 0 Å². The van der Waals surface area contributed by atoms with Crippen LogP contribution in [0, 0.1) is 0 Å². The monoisotopic (exact) mass is 302 g/mol. The minimum absolute atomic E-state index is 0.00860. The Kier molecular flexibility index (Phi) is 7.19. The topological polar surface area (TPSA) is 69.6 Å². The van der Waals surface area contributed by atoms with Crippen LogP contribution in [0.25, 0.3) is 0 Å². The van der Waals surface area contributed by atoms with Crippen molar-refractivity contribution in [3.63, 3.8) is 0 Å². The Morgan fingerprint density at radius 3 is 2.65 bits per heavy atom. The molecule has 0 aliphatic heterocycles. The molecule has 0 aromatic carbocycles. The molecule has 116 valence electrons. The average molecular weight is 302 g/mol. The molecule has 0 spiro atoms. The summed E-state index contributed by atoms with van der Waals surface area (Å²) in [7, 11) is 0. The molecule has 2 N–H and O–H groups in total. The van der Waals surface area contributed by atoms with Crippen LogP contribution in [0.15, 0.2) is 0 Å². The molecule has 1 rings (SSSR count). The van der Waals surface area contributed by atoms with Crippen LogP contribution in [0.1, 0.15) is 46.0 Å². The Bertz CT molecular complexity index is 336. The molecular weight excluding hydrogens is 276 g/mol. The van der Waals surface area contributed by atoms with Crippen molar-refractivity contribution in [2.75, 3.05) is 12.8 Å². The standard InChI is InChI=1S/C14H26N2O3S/c1-10(2)16(8-7-13(17)18)14(19)15-11-5-4-6-12(9-11)20-3/h10-12H,4-9H2,1-3H3,(H,15,19)(H,17,18). The zero-order valence-corrected chi connectivity index (χ0v) is 13.4. The molecule has 2 atom stereocenters. The highest BCUT2D eigenvalue weighted by molar-refractivity contribution is 7.99. The molecule has 20 heavy (non-hydrogen) atoms. The summed E-state index contributed by atoms with van der Waals surface area (Å²) < 4.78 is 0. The Morgan fingerprint density at radius 1 is 1.40 bits per heavy atom. The van der Waals surface area contributed by atoms with E-state index >= 15 is 0 Å². The minimum Gasteiger partial charge on any atom is -0.481 e. The number of thioether (sulfide) groups is 1. The molecule has 0 radical (unpaired) electrons. The zero-order valence-electron chi connectivity index (χ0n) is 12.6. The fourth-order valence-corrected chi connectivity index (χ4v) is 3.39. The number of nitrogens with zero attached hydrogens (tertiary/aromatic N) is 1. The first-order valence-electron chi connectivity index (χ1n) is 7.25. The van der Waals surface area contributed by atoms with Crippen molar-refractivity contribution < 1.29 is 14.7 Å². The second-order valence-electron chi connectivity index (χ2n) is 5.60. The van der Waals surface area contributed by atoms with E-state index in [-0.39, 0.29) is 31.1 Å². The van der Waals surface area contributed by atoms with Gasteiger partial charge in [-0.1, -0.05) is 6.42 Å². The first-order chi connectivity index (χ1) is 9.43. The van der Waals surface area contributed by atoms with Crippen molar-refractivity contribution in [3.8, 4) is 0 Å². The van der Waals surface area contributed by atoms with E-state index in [1.165, 1.54) is 6.42 Å². The maximum Gasteiger partial charge on any atom is 0.317 e. The molecular formula is C14H26N2O3S. The normalized spacial score (nSPS) is 22.6. The van der Waals surface area contributed by atoms with Crippen LogP contribution in [-0.2, 0) is 4.79 Å². The lowest BCUT2D eigenvalue weighted by Crippen LogP contribution is -2.49. The molecule has 1 saturated carbocycles. The molecule has 2 amide bonds. The van der Waals surface area contributed by atoms with E-state index in [0.29, 0.717) is 5.25 Å². The Hall–Kier alpha value is -0.910. The number of rotatable bonds is 6. The average Bonchev–Trinajstić information content (AvgIpc) is 2.38. The van der Waals surface area contributed by atoms with Gasteiger partial charge in [0.2, 0.25) is 0 Å². The van der Waals surface area contributed by atoms with Crippen molar-refractivity contribution in [2.24, 2.45) is 0 Å². The van der Waals surface area contributed by atoms with Crippen LogP contribution in [0.2, 0.25) is 0 Å². The summed E-state index contributed by atoms with van der Waals surface area (Å²) in [6.45, 7) is 4.08. The summed E-state index contributed by atoms with van der Waals surface area (Å²) in [5, 5.41) is 12.4. The van der Waals surface area contributed by atoms with Crippen LogP contribution in [0.3, 0.4) is 0 Å². The van der Waals surface area contributed by atoms with Gasteiger partial charge in [0.25, 0.3) is 0 Å². The molecule has 0 saturated heterocycles. The van der Waals surface area contributed by atoms with E-state index in [9.17, 15) is 9.59 Å². The van der Waals surface area contributed by atoms with Gasteiger partial charge in [-0.15, -0.1) is 0 Å². The molecule has 5 nitrogen and oxygen atoms in total. The summed E-state index contributed by atoms with van der Waals surface area (Å²) in [4.78, 5) is 24.5. The first-order valence-corrected chi connectivity index (χ1v) is 8.54. The highest BCUT2D eigenvalue weighted by atomic mass is 32.2. The lowest BCUT2D eigenvalue weighted by Gasteiger charge is -2.32. The van der Waals surface area contributed by atoms with Crippen molar-refractivity contribution in [1.29, 1.82) is 0 Å². The van der Waals surface area contributed by atoms with Gasteiger partial charge in [0.1, 0.15) is 0 Å². The highest BCUT2D eigenvalue weighted by Gasteiger charge is 2.25. The van der Waals surface area contributed by atoms with Crippen molar-refractivity contribution in [1.82, 2.24) is 10.2 Å². The van der Waals surface area contributed by atoms with Crippen LogP contribution >= 0.6 is 11.8 Å². The van der Waals surface area contributed by atoms with Gasteiger partial charge >= 0.3 is 12.0 Å². The molecule has 1 fully saturated rings. The van der Waals surface area contributed by atoms with Gasteiger partial charge in [-0.3, -0.25) is 4.79 Å². The van der Waals surface area contributed by atoms with E-state index in [1.807, 2.05) is 25.6 Å². The quantitative estimate of drug-likeness (QED) is 0.791. The molecule has 0 heterocycles. The van der Waals surface area contributed by atoms with Crippen molar-refractivity contribution >= 4 is 23.8 Å². The molecule has 6 heteroatoms. The number of hydrogen-bond acceptors (Lipinski definition) is 3. The predicted octanol–water partition coefficient (Wildman–Crippen LogP) is 2.56. The van der Waals surface area contributed by atoms with E-state index in [1.54, 1.807) is 4.90 Å². The largest absolute Gasteiger partial charge is 0.481 e. The molecule has 1 aliphatic carbocycles. The summed E-state index contributed by atoms with van der Waals surface area (Å²) in [5.41, 5.74) is 0. The number of carboxylic acids is 1. The first kappa shape index (κ1) is 17.1. The van der Waals surface area contributed by atoms with E-state index in [4.69, 9.17) is 5.11 Å². The highest BCUT2D eigenvalue weighted by Crippen LogP contribution is 2.27. The fourth-order valence-electron chi connectivity index (χ4n) is 2.56. The van der Waals surface area contributed by atoms with E-state index in [0.717, 1.165) is 19.3 Å². The van der Waals surface area contributed by atoms with Gasteiger partial charge in [0, 0.05) is 23.9 Å². The van der Waals surface area contributed by atoms with Crippen LogP contribution < -0.4 is 5.32 Å². The number of nitrogens with one attached hydrogen (secondary N) is 1. The zero-order chi connectivity index (χ0) is 15.1. The van der Waals surface area contributed by atoms with Crippen molar-refractivity contribution in [2.45, 2.75) is 63.3 Å². The van der Waals surface area contributed by atoms with Gasteiger partial charge in [-0.05, 0) is 39.4 Å². The molecule has 1 aliphatic rings. The number of aliphatic carboxylic acids is 1. The van der Waals surface area contributed by atoms with Gasteiger partial charge in [0.05, 0.1) is 6.42 Å². The Morgan fingerprint density at radius 2 is 2.10 bits per heavy atom. The summed E-state index contributed by atoms with van der Waals surface area (Å²) in [6.07, 6.45) is 6.50. The smallest absolute Gasteiger partial charge is 0.317 e. The third-order valence-corrected chi connectivity index (χ3v) is 4.83. The molecule has 2 unspecified atom stereocenters. The van der Waals surface area contributed by atoms with Gasteiger partial charge in [-0.2, -0.15) is 11.8 Å². The molecule has 0 aromatic rings. The third kappa shape index (κ3) is 5.61. The second kappa shape index (κ2) is 8.39. The number of amides is 2. The maximum absolute atomic E-state index is 12.3. The lowest BCUT2D eigenvalue weighted by molar-refractivity contribution is -0.137. The number of carbonyl (C=O) groups is 2. The number of carboxylic acid groups (broad SMARTS) is 1. The fraction of sp³-hybridized carbons (Fsp3) is 0.857. The van der Waals surface area contributed by atoms with E-state index in [2.05, 4.69) is 11.6 Å². The van der Waals surface area contributed by atoms with Gasteiger partial charge in [0.15, 0.2) is 0 Å². The summed E-state index contributed by atoms with van der Waals surface area (Å²) in [6, 6.07) is 0.0991.